The van der Waals surface area contributed by atoms with Gasteiger partial charge in [0.05, 0.1) is 15.4 Å². The van der Waals surface area contributed by atoms with E-state index in [2.05, 4.69) is 9.35 Å². The van der Waals surface area contributed by atoms with Crippen LogP contribution in [0.1, 0.15) is 56.5 Å². The molecule has 150 valence electrons. The Bertz CT molecular complexity index is 998. The van der Waals surface area contributed by atoms with Gasteiger partial charge in [0.2, 0.25) is 0 Å². The molecule has 0 radical (unpaired) electrons. The van der Waals surface area contributed by atoms with Gasteiger partial charge in [-0.15, -0.1) is 4.36 Å². The van der Waals surface area contributed by atoms with Crippen LogP contribution in [0.25, 0.3) is 0 Å². The zero-order valence-electron chi connectivity index (χ0n) is 16.5. The number of nitrogens with zero attached hydrogens (tertiary/aromatic N) is 2. The Morgan fingerprint density at radius 3 is 2.21 bits per heavy atom. The highest BCUT2D eigenvalue weighted by atomic mass is 32.2. The summed E-state index contributed by atoms with van der Waals surface area (Å²) in [4.78, 5) is 28.0. The van der Waals surface area contributed by atoms with E-state index in [1.165, 1.54) is 30.5 Å². The first-order valence-electron chi connectivity index (χ1n) is 8.71. The van der Waals surface area contributed by atoms with E-state index in [1.807, 2.05) is 13.8 Å². The zero-order valence-corrected chi connectivity index (χ0v) is 17.3. The normalized spacial score (nSPS) is 13.6. The van der Waals surface area contributed by atoms with E-state index in [0.29, 0.717) is 0 Å². The fourth-order valence-corrected chi connectivity index (χ4v) is 4.05. The molecular weight excluding hydrogens is 380 g/mol. The van der Waals surface area contributed by atoms with E-state index in [1.54, 1.807) is 33.0 Å². The lowest BCUT2D eigenvalue weighted by Crippen LogP contribution is -2.22. The van der Waals surface area contributed by atoms with Crippen LogP contribution in [0.2, 0.25) is 0 Å². The summed E-state index contributed by atoms with van der Waals surface area (Å²) in [5.74, 6) is -0.974. The molecule has 0 spiro atoms. The number of amides is 1. The monoisotopic (exact) mass is 404 g/mol. The molecule has 1 heterocycles. The van der Waals surface area contributed by atoms with Crippen LogP contribution in [0, 0.1) is 0 Å². The van der Waals surface area contributed by atoms with Crippen LogP contribution in [-0.2, 0) is 14.5 Å². The van der Waals surface area contributed by atoms with E-state index in [9.17, 15) is 13.8 Å². The third-order valence-electron chi connectivity index (χ3n) is 3.74. The van der Waals surface area contributed by atoms with Crippen molar-refractivity contribution in [1.82, 2.24) is 4.98 Å². The quantitative estimate of drug-likeness (QED) is 0.790. The minimum atomic E-state index is -3.42. The number of aromatic nitrogens is 1. The van der Waals surface area contributed by atoms with Crippen LogP contribution in [-0.4, -0.2) is 32.0 Å². The summed E-state index contributed by atoms with van der Waals surface area (Å²) in [5.41, 5.74) is 0.0789. The summed E-state index contributed by atoms with van der Waals surface area (Å²) in [6, 6.07) is 7.12. The molecule has 7 nitrogen and oxygen atoms in total. The smallest absolute Gasteiger partial charge is 0.442 e. The van der Waals surface area contributed by atoms with Crippen molar-refractivity contribution in [3.05, 3.63) is 53.9 Å². The molecule has 1 amide bonds. The number of pyridine rings is 1. The molecule has 1 N–H and O–H groups in total. The van der Waals surface area contributed by atoms with Gasteiger partial charge in [0.25, 0.3) is 0 Å². The number of aromatic carboxylic acids is 1. The van der Waals surface area contributed by atoms with Gasteiger partial charge >= 0.3 is 12.1 Å². The standard InChI is InChI=1S/C20H24N2O5S/c1-13(2)15-10-17(12-21-11-15)28(26,22-19(25)27-20(3,4)5)16-8-6-14(7-9-16)18(23)24/h6-13H,1-5H3,(H,23,24). The van der Waals surface area contributed by atoms with Crippen molar-refractivity contribution in [2.45, 2.75) is 55.9 Å². The highest BCUT2D eigenvalue weighted by molar-refractivity contribution is 7.94. The Morgan fingerprint density at radius 1 is 1.11 bits per heavy atom. The third kappa shape index (κ3) is 5.16. The average molecular weight is 404 g/mol. The molecule has 2 rings (SSSR count). The predicted octanol–water partition coefficient (Wildman–Crippen LogP) is 4.72. The van der Waals surface area contributed by atoms with Crippen molar-refractivity contribution >= 4 is 21.8 Å². The second-order valence-electron chi connectivity index (χ2n) is 7.54. The summed E-state index contributed by atoms with van der Waals surface area (Å²) >= 11 is 0. The molecule has 0 fully saturated rings. The van der Waals surface area contributed by atoms with Gasteiger partial charge in [-0.3, -0.25) is 4.98 Å². The average Bonchev–Trinajstić information content (AvgIpc) is 2.60. The van der Waals surface area contributed by atoms with E-state index in [0.717, 1.165) is 5.56 Å². The maximum atomic E-state index is 13.9. The lowest BCUT2D eigenvalue weighted by molar-refractivity contribution is 0.0606. The van der Waals surface area contributed by atoms with Gasteiger partial charge in [-0.1, -0.05) is 13.8 Å². The number of benzene rings is 1. The molecular formula is C20H24N2O5S. The minimum absolute atomic E-state index is 0.0387. The van der Waals surface area contributed by atoms with Gasteiger partial charge < -0.3 is 9.84 Å². The molecule has 2 aromatic rings. The van der Waals surface area contributed by atoms with Gasteiger partial charge in [0.1, 0.15) is 15.3 Å². The van der Waals surface area contributed by atoms with Gasteiger partial charge in [0, 0.05) is 12.4 Å². The fraction of sp³-hybridized carbons (Fsp3) is 0.350. The number of carbonyl (C=O) groups excluding carboxylic acids is 1. The van der Waals surface area contributed by atoms with E-state index < -0.39 is 27.4 Å². The van der Waals surface area contributed by atoms with E-state index in [-0.39, 0.29) is 21.3 Å². The second-order valence-corrected chi connectivity index (χ2v) is 9.71. The zero-order chi connectivity index (χ0) is 21.1. The number of rotatable bonds is 4. The lowest BCUT2D eigenvalue weighted by atomic mass is 10.1. The van der Waals surface area contributed by atoms with Gasteiger partial charge in [-0.25, -0.2) is 13.8 Å². The summed E-state index contributed by atoms with van der Waals surface area (Å²) < 4.78 is 23.0. The topological polar surface area (TPSA) is 106 Å². The number of carbonyl (C=O) groups is 2. The number of carboxylic acid groups (broad SMARTS) is 1. The summed E-state index contributed by atoms with van der Waals surface area (Å²) in [6.07, 6.45) is 2.09. The molecule has 0 aliphatic carbocycles. The van der Waals surface area contributed by atoms with Crippen molar-refractivity contribution in [2.75, 3.05) is 0 Å². The second kappa shape index (κ2) is 8.10. The molecule has 0 bridgehead atoms. The number of hydrogen-bond acceptors (Lipinski definition) is 5. The van der Waals surface area contributed by atoms with Crippen molar-refractivity contribution in [3.63, 3.8) is 0 Å². The molecule has 0 saturated carbocycles. The first kappa shape index (κ1) is 21.6. The Morgan fingerprint density at radius 2 is 1.71 bits per heavy atom. The predicted molar refractivity (Wildman–Crippen MR) is 105 cm³/mol. The summed E-state index contributed by atoms with van der Waals surface area (Å²) in [6.45, 7) is 8.99. The number of ether oxygens (including phenoxy) is 1. The van der Waals surface area contributed by atoms with Gasteiger partial charge in [0.15, 0.2) is 0 Å². The highest BCUT2D eigenvalue weighted by Crippen LogP contribution is 2.27. The molecule has 1 aromatic carbocycles. The maximum absolute atomic E-state index is 13.9. The van der Waals surface area contributed by atoms with Gasteiger partial charge in [-0.2, -0.15) is 0 Å². The number of carboxylic acids is 1. The molecule has 1 atom stereocenters. The van der Waals surface area contributed by atoms with Crippen molar-refractivity contribution in [2.24, 2.45) is 4.36 Å². The molecule has 0 saturated heterocycles. The molecule has 1 aromatic heterocycles. The van der Waals surface area contributed by atoms with Crippen LogP contribution in [0.5, 0.6) is 0 Å². The van der Waals surface area contributed by atoms with Crippen molar-refractivity contribution in [1.29, 1.82) is 0 Å². The first-order chi connectivity index (χ1) is 12.9. The summed E-state index contributed by atoms with van der Waals surface area (Å²) in [7, 11) is -3.42. The largest absolute Gasteiger partial charge is 0.478 e. The Hall–Kier alpha value is -2.74. The Kier molecular flexibility index (Phi) is 6.23. The maximum Gasteiger partial charge on any atom is 0.442 e. The van der Waals surface area contributed by atoms with Crippen LogP contribution in [0.15, 0.2) is 56.9 Å². The lowest BCUT2D eigenvalue weighted by Gasteiger charge is -2.18. The van der Waals surface area contributed by atoms with Crippen molar-refractivity contribution < 1.29 is 23.6 Å². The summed E-state index contributed by atoms with van der Waals surface area (Å²) in [5, 5.41) is 9.09. The van der Waals surface area contributed by atoms with Crippen LogP contribution in [0.4, 0.5) is 4.79 Å². The van der Waals surface area contributed by atoms with Crippen molar-refractivity contribution in [3.8, 4) is 0 Å². The molecule has 0 aliphatic heterocycles. The van der Waals surface area contributed by atoms with Crippen LogP contribution >= 0.6 is 0 Å². The molecule has 1 unspecified atom stereocenters. The molecule has 28 heavy (non-hydrogen) atoms. The molecule has 8 heteroatoms. The Balaban J connectivity index is 2.68. The third-order valence-corrected chi connectivity index (χ3v) is 5.92. The molecule has 0 aliphatic rings. The van der Waals surface area contributed by atoms with Gasteiger partial charge in [-0.05, 0) is 62.6 Å². The van der Waals surface area contributed by atoms with E-state index >= 15 is 0 Å². The highest BCUT2D eigenvalue weighted by Gasteiger charge is 2.23. The Labute approximate surface area is 165 Å². The first-order valence-corrected chi connectivity index (χ1v) is 10.2. The number of hydrogen-bond donors (Lipinski definition) is 1. The SMILES string of the molecule is CC(C)c1cncc(S(=O)(=NC(=O)OC(C)(C)C)c2ccc(C(=O)O)cc2)c1. The minimum Gasteiger partial charge on any atom is -0.478 e. The van der Waals surface area contributed by atoms with Crippen LogP contribution in [0.3, 0.4) is 0 Å². The van der Waals surface area contributed by atoms with Crippen LogP contribution < -0.4 is 0 Å². The van der Waals surface area contributed by atoms with E-state index in [4.69, 9.17) is 9.84 Å². The fourth-order valence-electron chi connectivity index (χ4n) is 2.31.